The summed E-state index contributed by atoms with van der Waals surface area (Å²) in [5, 5.41) is 0.166. The fraction of sp³-hybridized carbons (Fsp3) is 0.250. The van der Waals surface area contributed by atoms with Crippen molar-refractivity contribution in [2.45, 2.75) is 10.1 Å². The van der Waals surface area contributed by atoms with Crippen LogP contribution in [0.15, 0.2) is 53.4 Å². The monoisotopic (exact) mass is 399 g/mol. The molecule has 1 aliphatic rings. The lowest BCUT2D eigenvalue weighted by molar-refractivity contribution is 0.467. The predicted molar refractivity (Wildman–Crippen MR) is 99.7 cm³/mol. The first-order chi connectivity index (χ1) is 11.7. The molecule has 0 radical (unpaired) electrons. The lowest BCUT2D eigenvalue weighted by atomic mass is 10.3. The Labute approximate surface area is 151 Å². The van der Waals surface area contributed by atoms with Crippen molar-refractivity contribution < 1.29 is 21.6 Å². The van der Waals surface area contributed by atoms with E-state index in [9.17, 15) is 16.8 Å². The average Bonchev–Trinajstić information content (AvgIpc) is 3.31. The van der Waals surface area contributed by atoms with Crippen LogP contribution in [0, 0.1) is 0 Å². The van der Waals surface area contributed by atoms with Gasteiger partial charge >= 0.3 is 0 Å². The van der Waals surface area contributed by atoms with Crippen LogP contribution in [-0.4, -0.2) is 39.8 Å². The first-order valence-corrected chi connectivity index (χ1v) is 12.0. The van der Waals surface area contributed by atoms with Crippen molar-refractivity contribution in [3.63, 3.8) is 0 Å². The topological polar surface area (TPSA) is 89.5 Å². The summed E-state index contributed by atoms with van der Waals surface area (Å²) >= 11 is 1.63. The Balaban J connectivity index is 1.81. The van der Waals surface area contributed by atoms with Gasteiger partial charge in [0.2, 0.25) is 10.0 Å². The molecule has 134 valence electrons. The molecular weight excluding hydrogens is 382 g/mol. The van der Waals surface area contributed by atoms with Gasteiger partial charge in [-0.05, 0) is 36.4 Å². The van der Waals surface area contributed by atoms with Crippen LogP contribution in [0.3, 0.4) is 0 Å². The lowest BCUT2D eigenvalue weighted by Crippen LogP contribution is -2.12. The van der Waals surface area contributed by atoms with Crippen LogP contribution in [0.4, 0.5) is 5.69 Å². The summed E-state index contributed by atoms with van der Waals surface area (Å²) in [5.74, 6) is 1.66. The summed E-state index contributed by atoms with van der Waals surface area (Å²) in [6.07, 6.45) is 1.07. The SMILES string of the molecule is CS(=O)(=O)Nc1ccc(Oc2ccccc2S(=O)(=O)CC2CS2)cc1. The summed E-state index contributed by atoms with van der Waals surface area (Å²) < 4.78 is 55.6. The van der Waals surface area contributed by atoms with E-state index in [1.165, 1.54) is 6.07 Å². The van der Waals surface area contributed by atoms with E-state index in [1.807, 2.05) is 0 Å². The zero-order valence-electron chi connectivity index (χ0n) is 13.4. The number of thioether (sulfide) groups is 1. The smallest absolute Gasteiger partial charge is 0.229 e. The van der Waals surface area contributed by atoms with Gasteiger partial charge in [0.05, 0.1) is 12.0 Å². The van der Waals surface area contributed by atoms with E-state index in [1.54, 1.807) is 54.2 Å². The molecule has 1 heterocycles. The highest BCUT2D eigenvalue weighted by Gasteiger charge is 2.31. The van der Waals surface area contributed by atoms with E-state index in [2.05, 4.69) is 4.72 Å². The van der Waals surface area contributed by atoms with Crippen LogP contribution in [0.2, 0.25) is 0 Å². The van der Waals surface area contributed by atoms with Crippen LogP contribution in [0.5, 0.6) is 11.5 Å². The maximum absolute atomic E-state index is 12.5. The minimum absolute atomic E-state index is 0.106. The molecule has 0 saturated carbocycles. The number of hydrogen-bond donors (Lipinski definition) is 1. The Morgan fingerprint density at radius 2 is 1.72 bits per heavy atom. The molecule has 0 spiro atoms. The molecule has 6 nitrogen and oxygen atoms in total. The molecule has 1 atom stereocenters. The second-order valence-electron chi connectivity index (χ2n) is 5.68. The highest BCUT2D eigenvalue weighted by molar-refractivity contribution is 8.08. The molecule has 1 aliphatic heterocycles. The largest absolute Gasteiger partial charge is 0.456 e. The van der Waals surface area contributed by atoms with Crippen LogP contribution >= 0.6 is 11.8 Å². The van der Waals surface area contributed by atoms with Crippen LogP contribution in [0.25, 0.3) is 0 Å². The molecule has 1 N–H and O–H groups in total. The van der Waals surface area contributed by atoms with Gasteiger partial charge in [-0.15, -0.1) is 0 Å². The summed E-state index contributed by atoms with van der Waals surface area (Å²) in [6.45, 7) is 0. The molecule has 0 bridgehead atoms. The number of ether oxygens (including phenoxy) is 1. The first kappa shape index (κ1) is 18.1. The Morgan fingerprint density at radius 3 is 2.32 bits per heavy atom. The number of nitrogens with one attached hydrogen (secondary N) is 1. The molecule has 0 amide bonds. The molecule has 25 heavy (non-hydrogen) atoms. The van der Waals surface area contributed by atoms with E-state index in [0.29, 0.717) is 11.4 Å². The molecule has 2 aromatic rings. The fourth-order valence-corrected chi connectivity index (χ4v) is 5.60. The van der Waals surface area contributed by atoms with Crippen molar-refractivity contribution in [3.8, 4) is 11.5 Å². The van der Waals surface area contributed by atoms with Gasteiger partial charge in [-0.1, -0.05) is 12.1 Å². The molecule has 0 aromatic heterocycles. The van der Waals surface area contributed by atoms with E-state index in [0.717, 1.165) is 12.0 Å². The molecule has 9 heteroatoms. The number of hydrogen-bond acceptors (Lipinski definition) is 6. The van der Waals surface area contributed by atoms with Crippen LogP contribution < -0.4 is 9.46 Å². The maximum atomic E-state index is 12.5. The first-order valence-electron chi connectivity index (χ1n) is 7.42. The second kappa shape index (κ2) is 6.89. The minimum Gasteiger partial charge on any atom is -0.456 e. The van der Waals surface area contributed by atoms with E-state index < -0.39 is 19.9 Å². The third-order valence-electron chi connectivity index (χ3n) is 3.38. The standard InChI is InChI=1S/C16H17NO5S3/c1-24(18,19)17-12-6-8-13(9-7-12)22-15-4-2-3-5-16(15)25(20,21)11-14-10-23-14/h2-9,14,17H,10-11H2,1H3. The summed E-state index contributed by atoms with van der Waals surface area (Å²) in [5.41, 5.74) is 0.404. The number of benzene rings is 2. The van der Waals surface area contributed by atoms with Gasteiger partial charge in [-0.2, -0.15) is 11.8 Å². The molecular formula is C16H17NO5S3. The van der Waals surface area contributed by atoms with Crippen molar-refractivity contribution in [1.29, 1.82) is 0 Å². The van der Waals surface area contributed by atoms with Crippen molar-refractivity contribution in [1.82, 2.24) is 0 Å². The number of para-hydroxylation sites is 1. The Hall–Kier alpha value is -1.71. The molecule has 1 unspecified atom stereocenters. The number of anilines is 1. The molecule has 2 aromatic carbocycles. The van der Waals surface area contributed by atoms with Crippen molar-refractivity contribution in [3.05, 3.63) is 48.5 Å². The summed E-state index contributed by atoms with van der Waals surface area (Å²) in [6, 6.07) is 12.8. The predicted octanol–water partition coefficient (Wildman–Crippen LogP) is 2.74. The van der Waals surface area contributed by atoms with E-state index in [-0.39, 0.29) is 21.6 Å². The lowest BCUT2D eigenvalue weighted by Gasteiger charge is -2.12. The van der Waals surface area contributed by atoms with Gasteiger partial charge in [0, 0.05) is 16.7 Å². The Kier molecular flexibility index (Phi) is 4.99. The van der Waals surface area contributed by atoms with Gasteiger partial charge in [0.1, 0.15) is 16.4 Å². The van der Waals surface area contributed by atoms with Crippen molar-refractivity contribution >= 4 is 37.3 Å². The third-order valence-corrected chi connectivity index (χ3v) is 7.01. The number of sulfone groups is 1. The zero-order chi connectivity index (χ0) is 18.1. The van der Waals surface area contributed by atoms with Gasteiger partial charge in [0.25, 0.3) is 0 Å². The highest BCUT2D eigenvalue weighted by atomic mass is 32.2. The quantitative estimate of drug-likeness (QED) is 0.720. The van der Waals surface area contributed by atoms with Gasteiger partial charge in [-0.25, -0.2) is 16.8 Å². The average molecular weight is 400 g/mol. The van der Waals surface area contributed by atoms with Gasteiger partial charge in [-0.3, -0.25) is 4.72 Å². The highest BCUT2D eigenvalue weighted by Crippen LogP contribution is 2.36. The second-order valence-corrected chi connectivity index (χ2v) is 10.8. The van der Waals surface area contributed by atoms with E-state index in [4.69, 9.17) is 4.74 Å². The van der Waals surface area contributed by atoms with Gasteiger partial charge < -0.3 is 4.74 Å². The molecule has 1 fully saturated rings. The molecule has 1 saturated heterocycles. The van der Waals surface area contributed by atoms with Crippen molar-refractivity contribution in [2.24, 2.45) is 0 Å². The Morgan fingerprint density at radius 1 is 1.08 bits per heavy atom. The van der Waals surface area contributed by atoms with Gasteiger partial charge in [0.15, 0.2) is 9.84 Å². The number of rotatable bonds is 7. The van der Waals surface area contributed by atoms with Crippen molar-refractivity contribution in [2.75, 3.05) is 22.5 Å². The van der Waals surface area contributed by atoms with Crippen LogP contribution in [0.1, 0.15) is 0 Å². The third kappa shape index (κ3) is 5.13. The normalized spacial score (nSPS) is 17.1. The molecule has 3 rings (SSSR count). The maximum Gasteiger partial charge on any atom is 0.229 e. The fourth-order valence-electron chi connectivity index (χ4n) is 2.22. The molecule has 0 aliphatic carbocycles. The van der Waals surface area contributed by atoms with E-state index >= 15 is 0 Å². The summed E-state index contributed by atoms with van der Waals surface area (Å²) in [4.78, 5) is 0.167. The van der Waals surface area contributed by atoms with Crippen LogP contribution in [-0.2, 0) is 19.9 Å². The Bertz CT molecular complexity index is 965. The number of sulfonamides is 1. The minimum atomic E-state index is -3.42. The summed E-state index contributed by atoms with van der Waals surface area (Å²) in [7, 11) is -6.77. The zero-order valence-corrected chi connectivity index (χ0v) is 15.8.